The molecule has 1 aromatic carbocycles. The van der Waals surface area contributed by atoms with E-state index in [0.717, 1.165) is 31.4 Å². The third-order valence-electron chi connectivity index (χ3n) is 3.80. The molecule has 0 spiro atoms. The van der Waals surface area contributed by atoms with Crippen LogP contribution in [0.25, 0.3) is 0 Å². The van der Waals surface area contributed by atoms with Crippen molar-refractivity contribution in [3.8, 4) is 11.5 Å². The Hall–Kier alpha value is -0.940. The van der Waals surface area contributed by atoms with Crippen LogP contribution in [-0.4, -0.2) is 27.4 Å². The second kappa shape index (κ2) is 6.88. The van der Waals surface area contributed by atoms with Crippen LogP contribution in [-0.2, 0) is 9.05 Å². The Kier molecular flexibility index (Phi) is 5.38. The Morgan fingerprint density at radius 3 is 2.38 bits per heavy atom. The van der Waals surface area contributed by atoms with Gasteiger partial charge in [-0.3, -0.25) is 0 Å². The van der Waals surface area contributed by atoms with Crippen LogP contribution in [0.1, 0.15) is 32.6 Å². The lowest BCUT2D eigenvalue weighted by Crippen LogP contribution is -2.32. The summed E-state index contributed by atoms with van der Waals surface area (Å²) in [6, 6.07) is 7.40. The second-order valence-electron chi connectivity index (χ2n) is 5.59. The largest absolute Gasteiger partial charge is 0.494 e. The first-order valence-corrected chi connectivity index (χ1v) is 9.68. The first-order valence-electron chi connectivity index (χ1n) is 7.20. The number of hydrogen-bond donors (Lipinski definition) is 0. The van der Waals surface area contributed by atoms with Crippen molar-refractivity contribution >= 4 is 19.7 Å². The highest BCUT2D eigenvalue weighted by atomic mass is 35.7. The van der Waals surface area contributed by atoms with E-state index in [4.69, 9.17) is 20.2 Å². The quantitative estimate of drug-likeness (QED) is 0.716. The van der Waals surface area contributed by atoms with E-state index in [2.05, 4.69) is 0 Å². The highest BCUT2D eigenvalue weighted by Crippen LogP contribution is 2.40. The minimum absolute atomic E-state index is 0.0211. The van der Waals surface area contributed by atoms with E-state index in [-0.39, 0.29) is 11.2 Å². The van der Waals surface area contributed by atoms with Crippen LogP contribution in [0.2, 0.25) is 0 Å². The average Bonchev–Trinajstić information content (AvgIpc) is 2.84. The molecular weight excluding hydrogens is 312 g/mol. The summed E-state index contributed by atoms with van der Waals surface area (Å²) in [5.74, 6) is 1.42. The van der Waals surface area contributed by atoms with Crippen LogP contribution >= 0.6 is 10.7 Å². The van der Waals surface area contributed by atoms with Crippen LogP contribution in [0.5, 0.6) is 11.5 Å². The Bertz CT molecular complexity index is 565. The molecule has 1 fully saturated rings. The molecule has 1 aliphatic rings. The van der Waals surface area contributed by atoms with Crippen molar-refractivity contribution in [1.29, 1.82) is 0 Å². The summed E-state index contributed by atoms with van der Waals surface area (Å²) in [4.78, 5) is 0. The summed E-state index contributed by atoms with van der Waals surface area (Å²) >= 11 is 0. The Morgan fingerprint density at radius 2 is 1.81 bits per heavy atom. The van der Waals surface area contributed by atoms with Crippen molar-refractivity contribution < 1.29 is 17.9 Å². The van der Waals surface area contributed by atoms with Crippen molar-refractivity contribution in [2.75, 3.05) is 19.0 Å². The maximum absolute atomic E-state index is 11.4. The SMILES string of the molecule is CCOc1cccc(OCC2(CS(=O)(=O)Cl)CCCC2)c1. The van der Waals surface area contributed by atoms with Crippen molar-refractivity contribution in [1.82, 2.24) is 0 Å². The molecule has 0 saturated heterocycles. The molecular formula is C15H21ClO4S. The van der Waals surface area contributed by atoms with Gasteiger partial charge in [-0.1, -0.05) is 18.9 Å². The third-order valence-corrected chi connectivity index (χ3v) is 5.09. The predicted molar refractivity (Wildman–Crippen MR) is 83.6 cm³/mol. The van der Waals surface area contributed by atoms with Crippen LogP contribution < -0.4 is 9.47 Å². The molecule has 1 saturated carbocycles. The van der Waals surface area contributed by atoms with Gasteiger partial charge in [0.2, 0.25) is 9.05 Å². The summed E-state index contributed by atoms with van der Waals surface area (Å²) in [6.07, 6.45) is 3.72. The molecule has 0 radical (unpaired) electrons. The molecule has 0 N–H and O–H groups in total. The van der Waals surface area contributed by atoms with Crippen LogP contribution in [0.3, 0.4) is 0 Å². The molecule has 1 aliphatic carbocycles. The number of hydrogen-bond acceptors (Lipinski definition) is 4. The van der Waals surface area contributed by atoms with Gasteiger partial charge in [0.25, 0.3) is 0 Å². The fraction of sp³-hybridized carbons (Fsp3) is 0.600. The zero-order chi connectivity index (χ0) is 15.3. The summed E-state index contributed by atoms with van der Waals surface area (Å²) in [6.45, 7) is 2.89. The zero-order valence-electron chi connectivity index (χ0n) is 12.2. The highest BCUT2D eigenvalue weighted by molar-refractivity contribution is 8.13. The topological polar surface area (TPSA) is 52.6 Å². The van der Waals surface area contributed by atoms with E-state index >= 15 is 0 Å². The normalized spacial score (nSPS) is 17.6. The monoisotopic (exact) mass is 332 g/mol. The second-order valence-corrected chi connectivity index (χ2v) is 8.36. The van der Waals surface area contributed by atoms with E-state index in [9.17, 15) is 8.42 Å². The smallest absolute Gasteiger partial charge is 0.233 e. The van der Waals surface area contributed by atoms with Gasteiger partial charge in [0.1, 0.15) is 11.5 Å². The average molecular weight is 333 g/mol. The maximum Gasteiger partial charge on any atom is 0.233 e. The van der Waals surface area contributed by atoms with Gasteiger partial charge in [0, 0.05) is 22.2 Å². The van der Waals surface area contributed by atoms with Crippen LogP contribution in [0.4, 0.5) is 0 Å². The minimum Gasteiger partial charge on any atom is -0.494 e. The minimum atomic E-state index is -3.52. The fourth-order valence-electron chi connectivity index (χ4n) is 2.88. The van der Waals surface area contributed by atoms with E-state index in [0.29, 0.717) is 19.0 Å². The molecule has 0 aliphatic heterocycles. The number of benzene rings is 1. The number of halogens is 1. The van der Waals surface area contributed by atoms with Gasteiger partial charge in [0.05, 0.1) is 19.0 Å². The summed E-state index contributed by atoms with van der Waals surface area (Å²) < 4.78 is 34.1. The molecule has 4 nitrogen and oxygen atoms in total. The molecule has 0 aromatic heterocycles. The van der Waals surface area contributed by atoms with Crippen molar-refractivity contribution in [2.45, 2.75) is 32.6 Å². The molecule has 0 unspecified atom stereocenters. The van der Waals surface area contributed by atoms with Crippen molar-refractivity contribution in [3.05, 3.63) is 24.3 Å². The van der Waals surface area contributed by atoms with Gasteiger partial charge >= 0.3 is 0 Å². The van der Waals surface area contributed by atoms with E-state index in [1.807, 2.05) is 31.2 Å². The Balaban J connectivity index is 2.03. The van der Waals surface area contributed by atoms with E-state index in [1.165, 1.54) is 0 Å². The van der Waals surface area contributed by atoms with Crippen LogP contribution in [0, 0.1) is 5.41 Å². The molecule has 0 bridgehead atoms. The number of ether oxygens (including phenoxy) is 2. The Labute approximate surface area is 130 Å². The lowest BCUT2D eigenvalue weighted by molar-refractivity contribution is 0.170. The molecule has 0 amide bonds. The van der Waals surface area contributed by atoms with Gasteiger partial charge in [-0.25, -0.2) is 8.42 Å². The van der Waals surface area contributed by atoms with Gasteiger partial charge in [-0.05, 0) is 31.9 Å². The first kappa shape index (κ1) is 16.4. The molecule has 0 heterocycles. The van der Waals surface area contributed by atoms with Crippen molar-refractivity contribution in [2.24, 2.45) is 5.41 Å². The summed E-state index contributed by atoms with van der Waals surface area (Å²) in [7, 11) is 1.93. The highest BCUT2D eigenvalue weighted by Gasteiger charge is 2.38. The molecule has 2 rings (SSSR count). The lowest BCUT2D eigenvalue weighted by atomic mass is 9.90. The first-order chi connectivity index (χ1) is 9.92. The van der Waals surface area contributed by atoms with Gasteiger partial charge in [0.15, 0.2) is 0 Å². The van der Waals surface area contributed by atoms with E-state index in [1.54, 1.807) is 0 Å². The zero-order valence-corrected chi connectivity index (χ0v) is 13.8. The van der Waals surface area contributed by atoms with Gasteiger partial charge in [-0.2, -0.15) is 0 Å². The molecule has 0 atom stereocenters. The van der Waals surface area contributed by atoms with E-state index < -0.39 is 9.05 Å². The Morgan fingerprint density at radius 1 is 1.19 bits per heavy atom. The van der Waals surface area contributed by atoms with Gasteiger partial charge < -0.3 is 9.47 Å². The van der Waals surface area contributed by atoms with Gasteiger partial charge in [-0.15, -0.1) is 0 Å². The fourth-order valence-corrected chi connectivity index (χ4v) is 4.68. The third kappa shape index (κ3) is 5.08. The molecule has 21 heavy (non-hydrogen) atoms. The summed E-state index contributed by atoms with van der Waals surface area (Å²) in [5, 5.41) is 0. The maximum atomic E-state index is 11.4. The number of rotatable bonds is 7. The summed E-state index contributed by atoms with van der Waals surface area (Å²) in [5.41, 5.74) is -0.359. The van der Waals surface area contributed by atoms with Crippen molar-refractivity contribution in [3.63, 3.8) is 0 Å². The lowest BCUT2D eigenvalue weighted by Gasteiger charge is -2.27. The molecule has 6 heteroatoms. The molecule has 118 valence electrons. The molecule has 1 aromatic rings. The standard InChI is InChI=1S/C15H21ClO4S/c1-2-19-13-6-5-7-14(10-13)20-11-15(8-3-4-9-15)12-21(16,17)18/h5-7,10H,2-4,8-9,11-12H2,1H3. The predicted octanol–water partition coefficient (Wildman–Crippen LogP) is 3.59. The van der Waals surface area contributed by atoms with Crippen LogP contribution in [0.15, 0.2) is 24.3 Å².